The van der Waals surface area contributed by atoms with Crippen LogP contribution in [0.15, 0.2) is 59.5 Å². The van der Waals surface area contributed by atoms with Crippen LogP contribution in [0.25, 0.3) is 21.9 Å². The van der Waals surface area contributed by atoms with Crippen molar-refractivity contribution in [1.29, 1.82) is 0 Å². The van der Waals surface area contributed by atoms with Crippen molar-refractivity contribution < 1.29 is 4.79 Å². The third-order valence-electron chi connectivity index (χ3n) is 5.68. The van der Waals surface area contributed by atoms with Gasteiger partial charge in [0.2, 0.25) is 5.56 Å². The number of carbonyl (C=O) groups is 1. The molecule has 1 fully saturated rings. The summed E-state index contributed by atoms with van der Waals surface area (Å²) in [6.07, 6.45) is 5.69. The van der Waals surface area contributed by atoms with E-state index in [0.29, 0.717) is 12.1 Å². The first-order valence-electron chi connectivity index (χ1n) is 10.3. The highest BCUT2D eigenvalue weighted by Gasteiger charge is 2.11. The van der Waals surface area contributed by atoms with Crippen LogP contribution >= 0.6 is 0 Å². The summed E-state index contributed by atoms with van der Waals surface area (Å²) in [5.74, 6) is -0.0222. The zero-order valence-corrected chi connectivity index (χ0v) is 16.9. The van der Waals surface area contributed by atoms with E-state index in [1.54, 1.807) is 17.7 Å². The second-order valence-electron chi connectivity index (χ2n) is 7.80. The topological polar surface area (TPSA) is 54.3 Å². The molecule has 150 valence electrons. The van der Waals surface area contributed by atoms with Gasteiger partial charge in [-0.3, -0.25) is 9.59 Å². The van der Waals surface area contributed by atoms with Gasteiger partial charge < -0.3 is 14.8 Å². The Morgan fingerprint density at radius 2 is 1.66 bits per heavy atom. The lowest BCUT2D eigenvalue weighted by Gasteiger charge is -2.26. The number of nitrogens with one attached hydrogen (secondary N) is 1. The molecular weight excluding hydrogens is 362 g/mol. The number of rotatable bonds is 5. The molecule has 1 N–H and O–H groups in total. The Bertz CT molecular complexity index is 1080. The van der Waals surface area contributed by atoms with Crippen LogP contribution in [-0.4, -0.2) is 41.6 Å². The number of hydrogen-bond acceptors (Lipinski definition) is 3. The van der Waals surface area contributed by atoms with Crippen LogP contribution in [0.4, 0.5) is 0 Å². The number of amides is 1. The zero-order valence-electron chi connectivity index (χ0n) is 16.9. The highest BCUT2D eigenvalue weighted by Crippen LogP contribution is 2.24. The number of nitrogens with zero attached hydrogens (tertiary/aromatic N) is 2. The Balaban J connectivity index is 1.45. The van der Waals surface area contributed by atoms with Gasteiger partial charge in [-0.1, -0.05) is 24.6 Å². The second-order valence-corrected chi connectivity index (χ2v) is 7.80. The molecule has 4 rings (SSSR count). The van der Waals surface area contributed by atoms with Gasteiger partial charge in [0.05, 0.1) is 0 Å². The van der Waals surface area contributed by atoms with Gasteiger partial charge in [-0.05, 0) is 72.1 Å². The molecule has 0 spiro atoms. The van der Waals surface area contributed by atoms with Crippen molar-refractivity contribution in [2.75, 3.05) is 26.2 Å². The predicted molar refractivity (Wildman–Crippen MR) is 117 cm³/mol. The molecule has 3 aromatic rings. The van der Waals surface area contributed by atoms with E-state index in [1.165, 1.54) is 19.3 Å². The molecule has 1 aliphatic rings. The van der Waals surface area contributed by atoms with Crippen molar-refractivity contribution in [3.8, 4) is 11.1 Å². The number of aryl methyl sites for hydroxylation is 1. The highest BCUT2D eigenvalue weighted by atomic mass is 16.1. The molecule has 5 nitrogen and oxygen atoms in total. The Hall–Kier alpha value is -2.92. The van der Waals surface area contributed by atoms with Crippen LogP contribution < -0.4 is 10.9 Å². The van der Waals surface area contributed by atoms with Crippen LogP contribution in [0, 0.1) is 0 Å². The van der Waals surface area contributed by atoms with Crippen LogP contribution in [0.5, 0.6) is 0 Å². The molecule has 29 heavy (non-hydrogen) atoms. The Labute approximate surface area is 171 Å². The van der Waals surface area contributed by atoms with Gasteiger partial charge in [0.25, 0.3) is 5.91 Å². The number of pyridine rings is 1. The van der Waals surface area contributed by atoms with E-state index in [1.807, 2.05) is 42.6 Å². The molecule has 0 atom stereocenters. The summed E-state index contributed by atoms with van der Waals surface area (Å²) in [6, 6.07) is 15.4. The molecule has 2 heterocycles. The zero-order chi connectivity index (χ0) is 20.2. The summed E-state index contributed by atoms with van der Waals surface area (Å²) in [5, 5.41) is 5.15. The molecule has 0 bridgehead atoms. The van der Waals surface area contributed by atoms with Crippen molar-refractivity contribution in [2.24, 2.45) is 7.05 Å². The maximum atomic E-state index is 12.5. The second kappa shape index (κ2) is 8.62. The molecule has 1 saturated heterocycles. The first kappa shape index (κ1) is 19.4. The Morgan fingerprint density at radius 1 is 0.931 bits per heavy atom. The summed E-state index contributed by atoms with van der Waals surface area (Å²) < 4.78 is 1.58. The SMILES string of the molecule is Cn1cc(-c2ccc3cc(C(=O)NCCN4CCCCC4)ccc3c2)ccc1=O. The highest BCUT2D eigenvalue weighted by molar-refractivity contribution is 5.99. The number of fused-ring (bicyclic) bond motifs is 1. The van der Waals surface area contributed by atoms with Crippen LogP contribution in [0.1, 0.15) is 29.6 Å². The van der Waals surface area contributed by atoms with Crippen molar-refractivity contribution in [3.63, 3.8) is 0 Å². The molecular formula is C24H27N3O2. The minimum absolute atomic E-state index is 0.0222. The lowest BCUT2D eigenvalue weighted by molar-refractivity contribution is 0.0946. The number of aromatic nitrogens is 1. The Morgan fingerprint density at radius 3 is 2.45 bits per heavy atom. The molecule has 1 amide bonds. The Kier molecular flexibility index (Phi) is 5.76. The van der Waals surface area contributed by atoms with Gasteiger partial charge in [-0.2, -0.15) is 0 Å². The smallest absolute Gasteiger partial charge is 0.251 e. The minimum atomic E-state index is -0.0227. The van der Waals surface area contributed by atoms with E-state index in [2.05, 4.69) is 16.3 Å². The van der Waals surface area contributed by atoms with Crippen molar-refractivity contribution in [3.05, 3.63) is 70.6 Å². The average molecular weight is 389 g/mol. The molecule has 0 radical (unpaired) electrons. The van der Waals surface area contributed by atoms with E-state index in [0.717, 1.165) is 41.5 Å². The summed E-state index contributed by atoms with van der Waals surface area (Å²) in [4.78, 5) is 26.6. The average Bonchev–Trinajstić information content (AvgIpc) is 2.75. The van der Waals surface area contributed by atoms with Crippen molar-refractivity contribution >= 4 is 16.7 Å². The first-order valence-corrected chi connectivity index (χ1v) is 10.3. The summed E-state index contributed by atoms with van der Waals surface area (Å²) >= 11 is 0. The van der Waals surface area contributed by atoms with E-state index < -0.39 is 0 Å². The largest absolute Gasteiger partial charge is 0.351 e. The lowest BCUT2D eigenvalue weighted by Crippen LogP contribution is -2.37. The monoisotopic (exact) mass is 389 g/mol. The summed E-state index contributed by atoms with van der Waals surface area (Å²) in [6.45, 7) is 3.89. The fourth-order valence-corrected chi connectivity index (χ4v) is 3.94. The van der Waals surface area contributed by atoms with Crippen LogP contribution in [0.3, 0.4) is 0 Å². The van der Waals surface area contributed by atoms with Gasteiger partial charge in [-0.15, -0.1) is 0 Å². The molecule has 1 aliphatic heterocycles. The number of likely N-dealkylation sites (tertiary alicyclic amines) is 1. The lowest BCUT2D eigenvalue weighted by atomic mass is 10.0. The van der Waals surface area contributed by atoms with Gasteiger partial charge in [0, 0.05) is 38.0 Å². The normalized spacial score (nSPS) is 14.8. The fourth-order valence-electron chi connectivity index (χ4n) is 3.94. The van der Waals surface area contributed by atoms with Crippen molar-refractivity contribution in [1.82, 2.24) is 14.8 Å². The van der Waals surface area contributed by atoms with E-state index in [-0.39, 0.29) is 11.5 Å². The number of piperidine rings is 1. The third-order valence-corrected chi connectivity index (χ3v) is 5.68. The van der Waals surface area contributed by atoms with Gasteiger partial charge in [0.1, 0.15) is 0 Å². The van der Waals surface area contributed by atoms with Gasteiger partial charge >= 0.3 is 0 Å². The summed E-state index contributed by atoms with van der Waals surface area (Å²) in [5.41, 5.74) is 2.71. The van der Waals surface area contributed by atoms with Crippen molar-refractivity contribution in [2.45, 2.75) is 19.3 Å². The quantitative estimate of drug-likeness (QED) is 0.727. The number of hydrogen-bond donors (Lipinski definition) is 1. The first-order chi connectivity index (χ1) is 14.1. The summed E-state index contributed by atoms with van der Waals surface area (Å²) in [7, 11) is 1.75. The number of benzene rings is 2. The van der Waals surface area contributed by atoms with E-state index in [4.69, 9.17) is 0 Å². The molecule has 0 aliphatic carbocycles. The fraction of sp³-hybridized carbons (Fsp3) is 0.333. The van der Waals surface area contributed by atoms with E-state index in [9.17, 15) is 9.59 Å². The molecule has 1 aromatic heterocycles. The predicted octanol–water partition coefficient (Wildman–Crippen LogP) is 3.42. The van der Waals surface area contributed by atoms with E-state index >= 15 is 0 Å². The third kappa shape index (κ3) is 4.57. The van der Waals surface area contributed by atoms with Crippen LogP contribution in [0.2, 0.25) is 0 Å². The van der Waals surface area contributed by atoms with Gasteiger partial charge in [-0.25, -0.2) is 0 Å². The van der Waals surface area contributed by atoms with Crippen LogP contribution in [-0.2, 0) is 7.05 Å². The maximum Gasteiger partial charge on any atom is 0.251 e. The molecule has 2 aromatic carbocycles. The molecule has 5 heteroatoms. The standard InChI is InChI=1S/C24H27N3O2/c1-26-17-22(9-10-23(26)28)20-6-5-19-16-21(8-7-18(19)15-20)24(29)25-11-14-27-12-3-2-4-13-27/h5-10,15-17H,2-4,11-14H2,1H3,(H,25,29). The maximum absolute atomic E-state index is 12.5. The molecule has 0 saturated carbocycles. The molecule has 0 unspecified atom stereocenters. The minimum Gasteiger partial charge on any atom is -0.351 e. The number of carbonyl (C=O) groups excluding carboxylic acids is 1. The van der Waals surface area contributed by atoms with Gasteiger partial charge in [0.15, 0.2) is 0 Å².